The lowest BCUT2D eigenvalue weighted by Crippen LogP contribution is -2.39. The molecule has 0 spiro atoms. The second kappa shape index (κ2) is 5.43. The Morgan fingerprint density at radius 2 is 2.00 bits per heavy atom. The zero-order valence-corrected chi connectivity index (χ0v) is 11.7. The number of rotatable bonds is 4. The van der Waals surface area contributed by atoms with Crippen molar-refractivity contribution in [2.45, 2.75) is 31.3 Å². The highest BCUT2D eigenvalue weighted by molar-refractivity contribution is 7.09. The van der Waals surface area contributed by atoms with Crippen molar-refractivity contribution in [2.24, 2.45) is 0 Å². The van der Waals surface area contributed by atoms with Crippen molar-refractivity contribution in [1.82, 2.24) is 5.32 Å². The van der Waals surface area contributed by atoms with Gasteiger partial charge in [-0.15, -0.1) is 11.3 Å². The zero-order valence-electron chi connectivity index (χ0n) is 10.1. The maximum absolute atomic E-state index is 6.22. The summed E-state index contributed by atoms with van der Waals surface area (Å²) in [4.78, 5) is 1.41. The summed E-state index contributed by atoms with van der Waals surface area (Å²) in [5.41, 5.74) is 1.31. The predicted octanol–water partition coefficient (Wildman–Crippen LogP) is 4.44. The van der Waals surface area contributed by atoms with E-state index < -0.39 is 0 Å². The monoisotopic (exact) mass is 277 g/mol. The van der Waals surface area contributed by atoms with Gasteiger partial charge in [0.05, 0.1) is 0 Å². The largest absolute Gasteiger partial charge is 0.309 e. The van der Waals surface area contributed by atoms with Gasteiger partial charge in [0.15, 0.2) is 0 Å². The highest BCUT2D eigenvalue weighted by atomic mass is 35.5. The average molecular weight is 278 g/mol. The van der Waals surface area contributed by atoms with E-state index in [1.165, 1.54) is 23.3 Å². The molecule has 1 heterocycles. The number of hydrogen-bond donors (Lipinski definition) is 1. The molecule has 1 aliphatic rings. The maximum atomic E-state index is 6.22. The summed E-state index contributed by atoms with van der Waals surface area (Å²) in [5.74, 6) is 0.638. The first-order chi connectivity index (χ1) is 8.83. The third-order valence-corrected chi connectivity index (χ3v) is 4.85. The SMILES string of the molecule is Clc1ccccc1C1CC(NCc2cccs2)C1. The van der Waals surface area contributed by atoms with Gasteiger partial charge < -0.3 is 5.32 Å². The summed E-state index contributed by atoms with van der Waals surface area (Å²) in [6, 6.07) is 13.2. The van der Waals surface area contributed by atoms with Crippen molar-refractivity contribution in [3.8, 4) is 0 Å². The second-order valence-electron chi connectivity index (χ2n) is 4.85. The van der Waals surface area contributed by atoms with Crippen molar-refractivity contribution in [1.29, 1.82) is 0 Å². The third-order valence-electron chi connectivity index (χ3n) is 3.63. The van der Waals surface area contributed by atoms with Crippen LogP contribution in [0.4, 0.5) is 0 Å². The van der Waals surface area contributed by atoms with E-state index in [1.807, 2.05) is 23.5 Å². The van der Waals surface area contributed by atoms with Crippen LogP contribution in [-0.2, 0) is 6.54 Å². The Hall–Kier alpha value is -0.830. The van der Waals surface area contributed by atoms with Gasteiger partial charge in [0.25, 0.3) is 0 Å². The van der Waals surface area contributed by atoms with E-state index in [0.717, 1.165) is 11.6 Å². The lowest BCUT2D eigenvalue weighted by molar-refractivity contribution is 0.290. The van der Waals surface area contributed by atoms with Crippen LogP contribution in [0.1, 0.15) is 29.2 Å². The average Bonchev–Trinajstić information content (AvgIpc) is 2.82. The topological polar surface area (TPSA) is 12.0 Å². The first-order valence-electron chi connectivity index (χ1n) is 6.33. The smallest absolute Gasteiger partial charge is 0.0440 e. The van der Waals surface area contributed by atoms with E-state index in [1.54, 1.807) is 0 Å². The molecule has 3 rings (SSSR count). The van der Waals surface area contributed by atoms with E-state index in [4.69, 9.17) is 11.6 Å². The van der Waals surface area contributed by atoms with Gasteiger partial charge in [-0.25, -0.2) is 0 Å². The summed E-state index contributed by atoms with van der Waals surface area (Å²) >= 11 is 8.03. The van der Waals surface area contributed by atoms with Crippen LogP contribution in [-0.4, -0.2) is 6.04 Å². The van der Waals surface area contributed by atoms with Crippen molar-refractivity contribution >= 4 is 22.9 Å². The standard InChI is InChI=1S/C15H16ClNS/c16-15-6-2-1-5-14(15)11-8-12(9-11)17-10-13-4-3-7-18-13/h1-7,11-12,17H,8-10H2. The van der Waals surface area contributed by atoms with Crippen LogP contribution in [0.3, 0.4) is 0 Å². The van der Waals surface area contributed by atoms with Crippen LogP contribution in [0, 0.1) is 0 Å². The summed E-state index contributed by atoms with van der Waals surface area (Å²) in [6.45, 7) is 0.998. The number of benzene rings is 1. The molecule has 1 nitrogen and oxygen atoms in total. The van der Waals surface area contributed by atoms with Gasteiger partial charge in [0, 0.05) is 22.5 Å². The summed E-state index contributed by atoms with van der Waals surface area (Å²) < 4.78 is 0. The molecule has 2 aromatic rings. The molecule has 0 saturated heterocycles. The fraction of sp³-hybridized carbons (Fsp3) is 0.333. The van der Waals surface area contributed by atoms with Crippen LogP contribution in [0.5, 0.6) is 0 Å². The summed E-state index contributed by atoms with van der Waals surface area (Å²) in [7, 11) is 0. The van der Waals surface area contributed by atoms with Crippen molar-refractivity contribution in [3.63, 3.8) is 0 Å². The predicted molar refractivity (Wildman–Crippen MR) is 78.4 cm³/mol. The Bertz CT molecular complexity index is 503. The van der Waals surface area contributed by atoms with Crippen molar-refractivity contribution < 1.29 is 0 Å². The quantitative estimate of drug-likeness (QED) is 0.871. The van der Waals surface area contributed by atoms with Crippen LogP contribution >= 0.6 is 22.9 Å². The fourth-order valence-corrected chi connectivity index (χ4v) is 3.45. The van der Waals surface area contributed by atoms with Gasteiger partial charge in [0.2, 0.25) is 0 Å². The molecular weight excluding hydrogens is 262 g/mol. The Morgan fingerprint density at radius 3 is 2.72 bits per heavy atom. The molecule has 1 saturated carbocycles. The lowest BCUT2D eigenvalue weighted by Gasteiger charge is -2.36. The second-order valence-corrected chi connectivity index (χ2v) is 6.29. The van der Waals surface area contributed by atoms with E-state index in [0.29, 0.717) is 12.0 Å². The summed E-state index contributed by atoms with van der Waals surface area (Å²) in [5, 5.41) is 6.65. The number of halogens is 1. The molecule has 1 fully saturated rings. The van der Waals surface area contributed by atoms with Gasteiger partial charge in [-0.3, -0.25) is 0 Å². The first kappa shape index (κ1) is 12.2. The van der Waals surface area contributed by atoms with Crippen LogP contribution in [0.25, 0.3) is 0 Å². The number of nitrogens with one attached hydrogen (secondary N) is 1. The Morgan fingerprint density at radius 1 is 1.17 bits per heavy atom. The lowest BCUT2D eigenvalue weighted by atomic mass is 9.76. The Balaban J connectivity index is 1.50. The fourth-order valence-electron chi connectivity index (χ4n) is 2.50. The van der Waals surface area contributed by atoms with Crippen LogP contribution in [0.2, 0.25) is 5.02 Å². The van der Waals surface area contributed by atoms with Crippen LogP contribution < -0.4 is 5.32 Å². The highest BCUT2D eigenvalue weighted by Gasteiger charge is 2.30. The van der Waals surface area contributed by atoms with Crippen LogP contribution in [0.15, 0.2) is 41.8 Å². The molecule has 0 aliphatic heterocycles. The summed E-state index contributed by atoms with van der Waals surface area (Å²) in [6.07, 6.45) is 2.41. The highest BCUT2D eigenvalue weighted by Crippen LogP contribution is 2.39. The molecule has 94 valence electrons. The van der Waals surface area contributed by atoms with Crippen molar-refractivity contribution in [2.75, 3.05) is 0 Å². The minimum absolute atomic E-state index is 0.638. The van der Waals surface area contributed by atoms with E-state index in [-0.39, 0.29) is 0 Å². The zero-order chi connectivity index (χ0) is 12.4. The molecular formula is C15H16ClNS. The minimum atomic E-state index is 0.638. The first-order valence-corrected chi connectivity index (χ1v) is 7.59. The van der Waals surface area contributed by atoms with Gasteiger partial charge in [-0.1, -0.05) is 35.9 Å². The molecule has 1 aliphatic carbocycles. The molecule has 3 heteroatoms. The molecule has 1 N–H and O–H groups in total. The van der Waals surface area contributed by atoms with Gasteiger partial charge in [0.1, 0.15) is 0 Å². The molecule has 0 atom stereocenters. The van der Waals surface area contributed by atoms with E-state index >= 15 is 0 Å². The van der Waals surface area contributed by atoms with Crippen molar-refractivity contribution in [3.05, 3.63) is 57.2 Å². The maximum Gasteiger partial charge on any atom is 0.0440 e. The van der Waals surface area contributed by atoms with Gasteiger partial charge in [-0.05, 0) is 41.8 Å². The van der Waals surface area contributed by atoms with Gasteiger partial charge in [-0.2, -0.15) is 0 Å². The van der Waals surface area contributed by atoms with E-state index in [2.05, 4.69) is 35.0 Å². The molecule has 0 bridgehead atoms. The number of thiophene rings is 1. The minimum Gasteiger partial charge on any atom is -0.309 e. The molecule has 0 amide bonds. The van der Waals surface area contributed by atoms with E-state index in [9.17, 15) is 0 Å². The Labute approximate surface area is 117 Å². The molecule has 18 heavy (non-hydrogen) atoms. The molecule has 0 unspecified atom stereocenters. The third kappa shape index (κ3) is 2.61. The normalized spacial score (nSPS) is 22.7. The molecule has 1 aromatic heterocycles. The molecule has 0 radical (unpaired) electrons. The number of hydrogen-bond acceptors (Lipinski definition) is 2. The molecule has 1 aromatic carbocycles. The Kier molecular flexibility index (Phi) is 3.69. The van der Waals surface area contributed by atoms with Gasteiger partial charge >= 0.3 is 0 Å².